The van der Waals surface area contributed by atoms with Gasteiger partial charge < -0.3 is 9.15 Å². The average Bonchev–Trinajstić information content (AvgIpc) is 2.88. The van der Waals surface area contributed by atoms with Crippen LogP contribution < -0.4 is 16.0 Å². The molecule has 3 rings (SSSR count). The molecule has 1 aromatic heterocycles. The topological polar surface area (TPSA) is 73.3 Å². The third-order valence-corrected chi connectivity index (χ3v) is 2.73. The first-order valence-corrected chi connectivity index (χ1v) is 5.89. The number of fused-ring (bicyclic) bond motifs is 1. The number of hydrogen-bond acceptors (Lipinski definition) is 5. The number of benzene rings is 2. The summed E-state index contributed by atoms with van der Waals surface area (Å²) in [7, 11) is 0. The van der Waals surface area contributed by atoms with E-state index in [1.807, 2.05) is 48.5 Å². The fourth-order valence-electron chi connectivity index (χ4n) is 1.80. The number of nitrogen functional groups attached to an aromatic ring is 1. The van der Waals surface area contributed by atoms with Crippen LogP contribution in [0.15, 0.2) is 52.9 Å². The predicted molar refractivity (Wildman–Crippen MR) is 72.6 cm³/mol. The molecule has 0 amide bonds. The Morgan fingerprint density at radius 3 is 2.79 bits per heavy atom. The van der Waals surface area contributed by atoms with Crippen LogP contribution in [0.3, 0.4) is 0 Å². The van der Waals surface area contributed by atoms with E-state index in [2.05, 4.69) is 10.4 Å². The Balaban J connectivity index is 1.78. The third kappa shape index (κ3) is 2.51. The second-order valence-corrected chi connectivity index (χ2v) is 4.07. The van der Waals surface area contributed by atoms with Crippen molar-refractivity contribution in [1.82, 2.24) is 4.98 Å². The lowest BCUT2D eigenvalue weighted by atomic mass is 10.2. The monoisotopic (exact) mass is 255 g/mol. The van der Waals surface area contributed by atoms with Crippen molar-refractivity contribution in [2.75, 3.05) is 5.43 Å². The number of anilines is 1. The van der Waals surface area contributed by atoms with Crippen LogP contribution in [0.25, 0.3) is 11.1 Å². The van der Waals surface area contributed by atoms with Gasteiger partial charge in [0.2, 0.25) is 0 Å². The SMILES string of the molecule is NNc1nc2cc(OCc3ccccc3)ccc2o1. The van der Waals surface area contributed by atoms with E-state index in [4.69, 9.17) is 15.0 Å². The van der Waals surface area contributed by atoms with E-state index in [1.165, 1.54) is 0 Å². The molecule has 1 heterocycles. The number of nitrogens with one attached hydrogen (secondary N) is 1. The fraction of sp³-hybridized carbons (Fsp3) is 0.0714. The van der Waals surface area contributed by atoms with Gasteiger partial charge in [0.05, 0.1) is 0 Å². The summed E-state index contributed by atoms with van der Waals surface area (Å²) < 4.78 is 11.0. The summed E-state index contributed by atoms with van der Waals surface area (Å²) in [5.41, 5.74) is 4.87. The summed E-state index contributed by atoms with van der Waals surface area (Å²) in [6.45, 7) is 0.520. The number of nitrogens with zero attached hydrogens (tertiary/aromatic N) is 1. The molecule has 96 valence electrons. The smallest absolute Gasteiger partial charge is 0.310 e. The molecule has 0 spiro atoms. The van der Waals surface area contributed by atoms with Gasteiger partial charge in [0.1, 0.15) is 17.9 Å². The van der Waals surface area contributed by atoms with E-state index in [-0.39, 0.29) is 6.01 Å². The molecule has 0 bridgehead atoms. The van der Waals surface area contributed by atoms with Crippen LogP contribution in [0.1, 0.15) is 5.56 Å². The minimum Gasteiger partial charge on any atom is -0.489 e. The Morgan fingerprint density at radius 1 is 1.16 bits per heavy atom. The number of nitrogens with two attached hydrogens (primary N) is 1. The molecule has 0 radical (unpaired) electrons. The number of oxazole rings is 1. The van der Waals surface area contributed by atoms with Crippen molar-refractivity contribution in [2.24, 2.45) is 5.84 Å². The Bertz CT molecular complexity index is 679. The van der Waals surface area contributed by atoms with Crippen molar-refractivity contribution >= 4 is 17.1 Å². The molecule has 5 heteroatoms. The van der Waals surface area contributed by atoms with Gasteiger partial charge in [-0.05, 0) is 17.7 Å². The van der Waals surface area contributed by atoms with Crippen LogP contribution in [0.4, 0.5) is 6.01 Å². The van der Waals surface area contributed by atoms with Gasteiger partial charge in [-0.1, -0.05) is 30.3 Å². The molecule has 19 heavy (non-hydrogen) atoms. The fourth-order valence-corrected chi connectivity index (χ4v) is 1.80. The van der Waals surface area contributed by atoms with Gasteiger partial charge in [0.15, 0.2) is 5.58 Å². The van der Waals surface area contributed by atoms with Crippen LogP contribution in [0, 0.1) is 0 Å². The zero-order chi connectivity index (χ0) is 13.1. The maximum Gasteiger partial charge on any atom is 0.310 e. The lowest BCUT2D eigenvalue weighted by molar-refractivity contribution is 0.306. The average molecular weight is 255 g/mol. The Kier molecular flexibility index (Phi) is 3.04. The van der Waals surface area contributed by atoms with Crippen LogP contribution in [0.5, 0.6) is 5.75 Å². The second-order valence-electron chi connectivity index (χ2n) is 4.07. The molecule has 0 atom stereocenters. The molecule has 3 aromatic rings. The van der Waals surface area contributed by atoms with E-state index in [0.29, 0.717) is 17.7 Å². The highest BCUT2D eigenvalue weighted by Crippen LogP contribution is 2.23. The molecule has 0 saturated heterocycles. The molecule has 0 aliphatic heterocycles. The molecule has 3 N–H and O–H groups in total. The van der Waals surface area contributed by atoms with Crippen molar-refractivity contribution in [3.05, 3.63) is 54.1 Å². The van der Waals surface area contributed by atoms with E-state index >= 15 is 0 Å². The Morgan fingerprint density at radius 2 is 2.00 bits per heavy atom. The number of hydrogen-bond donors (Lipinski definition) is 2. The maximum absolute atomic E-state index is 5.71. The molecule has 0 aliphatic carbocycles. The molecular formula is C14H13N3O2. The van der Waals surface area contributed by atoms with Gasteiger partial charge in [-0.25, -0.2) is 5.84 Å². The molecule has 0 saturated carbocycles. The molecule has 0 unspecified atom stereocenters. The van der Waals surface area contributed by atoms with Crippen LogP contribution >= 0.6 is 0 Å². The number of rotatable bonds is 4. The standard InChI is InChI=1S/C14H13N3O2/c15-17-14-16-12-8-11(6-7-13(12)19-14)18-9-10-4-2-1-3-5-10/h1-8H,9,15H2,(H,16,17). The lowest BCUT2D eigenvalue weighted by Crippen LogP contribution is -2.06. The highest BCUT2D eigenvalue weighted by atomic mass is 16.5. The molecule has 0 fully saturated rings. The van der Waals surface area contributed by atoms with Gasteiger partial charge in [-0.15, -0.1) is 0 Å². The van der Waals surface area contributed by atoms with Crippen molar-refractivity contribution in [3.63, 3.8) is 0 Å². The quantitative estimate of drug-likeness (QED) is 0.554. The minimum atomic E-state index is 0.287. The first-order chi connectivity index (χ1) is 9.35. The van der Waals surface area contributed by atoms with Gasteiger partial charge in [0, 0.05) is 6.07 Å². The number of ether oxygens (including phenoxy) is 1. The summed E-state index contributed by atoms with van der Waals surface area (Å²) in [6, 6.07) is 15.7. The summed E-state index contributed by atoms with van der Waals surface area (Å²) in [4.78, 5) is 4.16. The number of aromatic nitrogens is 1. The molecular weight excluding hydrogens is 242 g/mol. The predicted octanol–water partition coefficient (Wildman–Crippen LogP) is 2.69. The van der Waals surface area contributed by atoms with Gasteiger partial charge in [-0.3, -0.25) is 5.43 Å². The van der Waals surface area contributed by atoms with Crippen molar-refractivity contribution < 1.29 is 9.15 Å². The first-order valence-electron chi connectivity index (χ1n) is 5.89. The van der Waals surface area contributed by atoms with Crippen LogP contribution in [-0.2, 0) is 6.61 Å². The summed E-state index contributed by atoms with van der Waals surface area (Å²) >= 11 is 0. The summed E-state index contributed by atoms with van der Waals surface area (Å²) in [5, 5.41) is 0. The molecule has 5 nitrogen and oxygen atoms in total. The largest absolute Gasteiger partial charge is 0.489 e. The van der Waals surface area contributed by atoms with E-state index in [1.54, 1.807) is 0 Å². The summed E-state index contributed by atoms with van der Waals surface area (Å²) in [6.07, 6.45) is 0. The molecule has 0 aliphatic rings. The zero-order valence-electron chi connectivity index (χ0n) is 10.2. The highest BCUT2D eigenvalue weighted by molar-refractivity contribution is 5.76. The van der Waals surface area contributed by atoms with E-state index in [9.17, 15) is 0 Å². The van der Waals surface area contributed by atoms with Crippen molar-refractivity contribution in [1.29, 1.82) is 0 Å². The first kappa shape index (κ1) is 11.6. The molecule has 2 aromatic carbocycles. The van der Waals surface area contributed by atoms with Crippen molar-refractivity contribution in [2.45, 2.75) is 6.61 Å². The third-order valence-electron chi connectivity index (χ3n) is 2.73. The van der Waals surface area contributed by atoms with E-state index in [0.717, 1.165) is 11.3 Å². The Hall–Kier alpha value is -2.53. The normalized spacial score (nSPS) is 10.6. The lowest BCUT2D eigenvalue weighted by Gasteiger charge is -2.05. The van der Waals surface area contributed by atoms with Gasteiger partial charge in [0.25, 0.3) is 0 Å². The van der Waals surface area contributed by atoms with Crippen LogP contribution in [0.2, 0.25) is 0 Å². The van der Waals surface area contributed by atoms with Crippen LogP contribution in [-0.4, -0.2) is 4.98 Å². The number of hydrazine groups is 1. The van der Waals surface area contributed by atoms with E-state index < -0.39 is 0 Å². The highest BCUT2D eigenvalue weighted by Gasteiger charge is 2.05. The summed E-state index contributed by atoms with van der Waals surface area (Å²) in [5.74, 6) is 5.99. The maximum atomic E-state index is 5.71. The van der Waals surface area contributed by atoms with Crippen molar-refractivity contribution in [3.8, 4) is 5.75 Å². The second kappa shape index (κ2) is 4.99. The zero-order valence-corrected chi connectivity index (χ0v) is 10.2. The minimum absolute atomic E-state index is 0.287. The van der Waals surface area contributed by atoms with Gasteiger partial charge >= 0.3 is 6.01 Å². The van der Waals surface area contributed by atoms with Gasteiger partial charge in [-0.2, -0.15) is 4.98 Å². The Labute approximate surface area is 110 Å².